The number of hydrogen-bond acceptors (Lipinski definition) is 5. The summed E-state index contributed by atoms with van der Waals surface area (Å²) in [6.45, 7) is 0. The molecule has 64 valence electrons. The van der Waals surface area contributed by atoms with Gasteiger partial charge in [-0.25, -0.2) is 4.98 Å². The lowest BCUT2D eigenvalue weighted by atomic mass is 10.2. The molecule has 0 unspecified atom stereocenters. The lowest BCUT2D eigenvalue weighted by Gasteiger charge is -2.03. The maximum atomic E-state index is 8.43. The summed E-state index contributed by atoms with van der Waals surface area (Å²) in [5.74, 6) is 0.336. The Morgan fingerprint density at radius 3 is 2.67 bits per heavy atom. The molecule has 0 aliphatic carbocycles. The molecule has 6 heteroatoms. The summed E-state index contributed by atoms with van der Waals surface area (Å²) in [6, 6.07) is 3.36. The Labute approximate surface area is 74.8 Å². The monoisotopic (exact) mass is 185 g/mol. The van der Waals surface area contributed by atoms with Crippen LogP contribution < -0.4 is 4.65 Å². The Morgan fingerprint density at radius 1 is 1.50 bits per heavy atom. The van der Waals surface area contributed by atoms with E-state index in [0.717, 1.165) is 5.03 Å². The van der Waals surface area contributed by atoms with Crippen LogP contribution in [0.4, 0.5) is 0 Å². The van der Waals surface area contributed by atoms with E-state index in [1.807, 2.05) is 6.26 Å². The Bertz CT molecular complexity index is 241. The fourth-order valence-corrected chi connectivity index (χ4v) is 1.04. The highest BCUT2D eigenvalue weighted by Crippen LogP contribution is 2.15. The fraction of sp³-hybridized carbons (Fsp3) is 0.167. The second-order valence-electron chi connectivity index (χ2n) is 1.98. The van der Waals surface area contributed by atoms with E-state index in [4.69, 9.17) is 10.0 Å². The van der Waals surface area contributed by atoms with Gasteiger partial charge in [0.1, 0.15) is 5.75 Å². The number of thioether (sulfide) groups is 1. The molecule has 0 aliphatic heterocycles. The van der Waals surface area contributed by atoms with Gasteiger partial charge in [-0.3, -0.25) is 0 Å². The first kappa shape index (κ1) is 9.37. The highest BCUT2D eigenvalue weighted by atomic mass is 32.2. The quantitative estimate of drug-likeness (QED) is 0.518. The minimum atomic E-state index is -1.79. The summed E-state index contributed by atoms with van der Waals surface area (Å²) in [5, 5.41) is 17.7. The summed E-state index contributed by atoms with van der Waals surface area (Å²) in [4.78, 5) is 3.97. The Morgan fingerprint density at radius 2 is 2.25 bits per heavy atom. The largest absolute Gasteiger partial charge is 0.707 e. The zero-order valence-electron chi connectivity index (χ0n) is 6.47. The van der Waals surface area contributed by atoms with Crippen LogP contribution in [0.15, 0.2) is 23.4 Å². The van der Waals surface area contributed by atoms with Crippen LogP contribution in [0.2, 0.25) is 0 Å². The lowest BCUT2D eigenvalue weighted by Crippen LogP contribution is -2.20. The van der Waals surface area contributed by atoms with Crippen molar-refractivity contribution in [3.05, 3.63) is 18.3 Å². The van der Waals surface area contributed by atoms with E-state index in [1.165, 1.54) is 18.0 Å². The Balaban J connectivity index is 2.65. The molecule has 0 spiro atoms. The van der Waals surface area contributed by atoms with Crippen molar-refractivity contribution in [3.63, 3.8) is 0 Å². The molecule has 12 heavy (non-hydrogen) atoms. The van der Waals surface area contributed by atoms with Gasteiger partial charge in [0, 0.05) is 0 Å². The molecule has 1 aromatic rings. The zero-order valence-corrected chi connectivity index (χ0v) is 7.28. The lowest BCUT2D eigenvalue weighted by molar-refractivity contribution is 0.287. The van der Waals surface area contributed by atoms with Crippen molar-refractivity contribution in [2.75, 3.05) is 6.26 Å². The minimum absolute atomic E-state index is 0.336. The van der Waals surface area contributed by atoms with Crippen LogP contribution in [0.25, 0.3) is 0 Å². The van der Waals surface area contributed by atoms with Crippen molar-refractivity contribution in [2.45, 2.75) is 5.03 Å². The van der Waals surface area contributed by atoms with E-state index < -0.39 is 7.32 Å². The second kappa shape index (κ2) is 4.35. The molecule has 0 aliphatic rings. The number of hydrogen-bond donors (Lipinski definition) is 2. The van der Waals surface area contributed by atoms with Crippen LogP contribution in [0.5, 0.6) is 5.75 Å². The summed E-state index contributed by atoms with van der Waals surface area (Å²) in [6.07, 6.45) is 3.34. The normalized spacial score (nSPS) is 9.58. The first-order valence-corrected chi connectivity index (χ1v) is 4.47. The molecule has 0 saturated heterocycles. The van der Waals surface area contributed by atoms with Crippen LogP contribution in [0, 0.1) is 0 Å². The van der Waals surface area contributed by atoms with Gasteiger partial charge in [0.05, 0.1) is 11.2 Å². The second-order valence-corrected chi connectivity index (χ2v) is 2.81. The van der Waals surface area contributed by atoms with Crippen molar-refractivity contribution in [1.29, 1.82) is 0 Å². The summed E-state index contributed by atoms with van der Waals surface area (Å²) in [7, 11) is -1.79. The maximum absolute atomic E-state index is 8.43. The van der Waals surface area contributed by atoms with Crippen molar-refractivity contribution in [1.82, 2.24) is 4.98 Å². The Hall–Kier alpha value is -0.715. The van der Waals surface area contributed by atoms with Crippen molar-refractivity contribution in [2.24, 2.45) is 0 Å². The van der Waals surface area contributed by atoms with Crippen molar-refractivity contribution < 1.29 is 14.7 Å². The third kappa shape index (κ3) is 2.73. The average molecular weight is 185 g/mol. The van der Waals surface area contributed by atoms with Gasteiger partial charge in [-0.15, -0.1) is 11.8 Å². The molecular weight excluding hydrogens is 177 g/mol. The highest BCUT2D eigenvalue weighted by Gasteiger charge is 2.10. The molecule has 0 amide bonds. The molecule has 0 aromatic carbocycles. The zero-order chi connectivity index (χ0) is 8.97. The smallest absolute Gasteiger partial charge is 0.511 e. The van der Waals surface area contributed by atoms with E-state index in [2.05, 4.69) is 9.64 Å². The SMILES string of the molecule is CSc1ccc(OB(O)O)cn1. The maximum Gasteiger partial charge on any atom is 0.707 e. The first-order valence-electron chi connectivity index (χ1n) is 3.25. The molecule has 1 rings (SSSR count). The molecule has 4 nitrogen and oxygen atoms in total. The molecule has 0 atom stereocenters. The third-order valence-electron chi connectivity index (χ3n) is 1.16. The van der Waals surface area contributed by atoms with Crippen LogP contribution >= 0.6 is 11.8 Å². The van der Waals surface area contributed by atoms with Crippen LogP contribution in [0.1, 0.15) is 0 Å². The van der Waals surface area contributed by atoms with Crippen LogP contribution in [-0.2, 0) is 0 Å². The topological polar surface area (TPSA) is 62.6 Å². The number of pyridine rings is 1. The first-order chi connectivity index (χ1) is 5.72. The molecule has 2 N–H and O–H groups in total. The van der Waals surface area contributed by atoms with Gasteiger partial charge in [0.2, 0.25) is 0 Å². The molecule has 1 heterocycles. The van der Waals surface area contributed by atoms with E-state index in [-0.39, 0.29) is 0 Å². The van der Waals surface area contributed by atoms with E-state index in [9.17, 15) is 0 Å². The van der Waals surface area contributed by atoms with Gasteiger partial charge < -0.3 is 14.7 Å². The summed E-state index contributed by atoms with van der Waals surface area (Å²) >= 11 is 1.50. The predicted octanol–water partition coefficient (Wildman–Crippen LogP) is 0.152. The van der Waals surface area contributed by atoms with E-state index >= 15 is 0 Å². The minimum Gasteiger partial charge on any atom is -0.511 e. The predicted molar refractivity (Wildman–Crippen MR) is 46.8 cm³/mol. The van der Waals surface area contributed by atoms with Gasteiger partial charge in [-0.05, 0) is 18.4 Å². The van der Waals surface area contributed by atoms with Crippen molar-refractivity contribution in [3.8, 4) is 5.75 Å². The standard InChI is InChI=1S/C6H8BNO3S/c1-12-6-3-2-5(4-8-6)11-7(9)10/h2-4,9-10H,1H3. The van der Waals surface area contributed by atoms with Crippen molar-refractivity contribution >= 4 is 19.1 Å². The fourth-order valence-electron chi connectivity index (χ4n) is 0.679. The van der Waals surface area contributed by atoms with Crippen LogP contribution in [-0.4, -0.2) is 28.6 Å². The summed E-state index contributed by atoms with van der Waals surface area (Å²) in [5.41, 5.74) is 0. The van der Waals surface area contributed by atoms with Gasteiger partial charge in [-0.2, -0.15) is 0 Å². The van der Waals surface area contributed by atoms with Gasteiger partial charge in [0.25, 0.3) is 0 Å². The molecule has 0 fully saturated rings. The van der Waals surface area contributed by atoms with Gasteiger partial charge in [-0.1, -0.05) is 0 Å². The summed E-state index contributed by atoms with van der Waals surface area (Å²) < 4.78 is 4.55. The average Bonchev–Trinajstić information content (AvgIpc) is 2.05. The molecule has 0 bridgehead atoms. The van der Waals surface area contributed by atoms with Gasteiger partial charge >= 0.3 is 7.32 Å². The van der Waals surface area contributed by atoms with Gasteiger partial charge in [0.15, 0.2) is 0 Å². The van der Waals surface area contributed by atoms with E-state index in [0.29, 0.717) is 5.75 Å². The van der Waals surface area contributed by atoms with E-state index in [1.54, 1.807) is 12.1 Å². The third-order valence-corrected chi connectivity index (χ3v) is 1.82. The number of nitrogens with zero attached hydrogens (tertiary/aromatic N) is 1. The number of aromatic nitrogens is 1. The molecule has 0 radical (unpaired) electrons. The van der Waals surface area contributed by atoms with Crippen LogP contribution in [0.3, 0.4) is 0 Å². The molecule has 1 aromatic heterocycles. The highest BCUT2D eigenvalue weighted by molar-refractivity contribution is 7.98. The molecule has 0 saturated carbocycles. The Kier molecular flexibility index (Phi) is 3.39. The molecular formula is C6H8BNO3S. The number of rotatable bonds is 3.